The van der Waals surface area contributed by atoms with Crippen LogP contribution in [0.5, 0.6) is 0 Å². The number of carbonyl (C=O) groups excluding carboxylic acids is 3. The molecule has 0 aliphatic rings. The lowest BCUT2D eigenvalue weighted by Crippen LogP contribution is -2.56. The normalized spacial score (nSPS) is 13.2. The number of rotatable bonds is 8. The number of amides is 3. The fraction of sp³-hybridized carbons (Fsp3) is 0.500. The average molecular weight is 510 g/mol. The van der Waals surface area contributed by atoms with Gasteiger partial charge in [0.2, 0.25) is 5.91 Å². The van der Waals surface area contributed by atoms with E-state index in [1.165, 1.54) is 0 Å². The summed E-state index contributed by atoms with van der Waals surface area (Å²) in [6, 6.07) is 11.2. The third-order valence-corrected chi connectivity index (χ3v) is 6.16. The summed E-state index contributed by atoms with van der Waals surface area (Å²) in [6.07, 6.45) is -0.670. The van der Waals surface area contributed by atoms with E-state index in [-0.39, 0.29) is 23.8 Å². The molecule has 0 aliphatic heterocycles. The van der Waals surface area contributed by atoms with Gasteiger partial charge in [-0.3, -0.25) is 9.59 Å². The molecular formula is C30H43N3O4. The summed E-state index contributed by atoms with van der Waals surface area (Å²) in [6.45, 7) is 18.6. The van der Waals surface area contributed by atoms with Crippen LogP contribution >= 0.6 is 0 Å². The fourth-order valence-corrected chi connectivity index (χ4v) is 4.36. The molecule has 2 aromatic rings. The van der Waals surface area contributed by atoms with E-state index in [2.05, 4.69) is 10.6 Å². The minimum atomic E-state index is -0.907. The van der Waals surface area contributed by atoms with Gasteiger partial charge in [0, 0.05) is 11.7 Å². The first-order valence-electron chi connectivity index (χ1n) is 12.9. The van der Waals surface area contributed by atoms with Crippen molar-refractivity contribution in [3.05, 3.63) is 64.7 Å². The Morgan fingerprint density at radius 3 is 1.86 bits per heavy atom. The largest absolute Gasteiger partial charge is 0.444 e. The second-order valence-corrected chi connectivity index (χ2v) is 11.2. The minimum Gasteiger partial charge on any atom is -0.444 e. The lowest BCUT2D eigenvalue weighted by molar-refractivity contribution is -0.143. The topological polar surface area (TPSA) is 87.7 Å². The van der Waals surface area contributed by atoms with Crippen molar-refractivity contribution in [1.82, 2.24) is 10.2 Å². The second kappa shape index (κ2) is 12.3. The zero-order chi connectivity index (χ0) is 28.1. The highest BCUT2D eigenvalue weighted by Gasteiger charge is 2.40. The van der Waals surface area contributed by atoms with Gasteiger partial charge in [-0.05, 0) is 89.6 Å². The molecule has 37 heavy (non-hydrogen) atoms. The van der Waals surface area contributed by atoms with Crippen LogP contribution < -0.4 is 10.6 Å². The molecule has 0 heterocycles. The van der Waals surface area contributed by atoms with Crippen molar-refractivity contribution in [2.45, 2.75) is 93.0 Å². The molecule has 0 radical (unpaired) electrons. The van der Waals surface area contributed by atoms with Gasteiger partial charge >= 0.3 is 6.09 Å². The van der Waals surface area contributed by atoms with Crippen LogP contribution in [-0.4, -0.2) is 40.5 Å². The number of nitrogens with zero attached hydrogens (tertiary/aromatic N) is 1. The summed E-state index contributed by atoms with van der Waals surface area (Å²) in [5.74, 6) is -0.892. The molecule has 0 saturated carbocycles. The molecule has 7 heteroatoms. The Bertz CT molecular complexity index is 1100. The highest BCUT2D eigenvalue weighted by Crippen LogP contribution is 2.32. The van der Waals surface area contributed by atoms with Crippen LogP contribution in [0.15, 0.2) is 42.5 Å². The third kappa shape index (κ3) is 7.81. The fourth-order valence-electron chi connectivity index (χ4n) is 4.36. The number of hydrogen-bond acceptors (Lipinski definition) is 4. The zero-order valence-electron chi connectivity index (χ0n) is 23.9. The number of ether oxygens (including phenoxy) is 1. The molecule has 2 atom stereocenters. The van der Waals surface area contributed by atoms with E-state index in [9.17, 15) is 14.4 Å². The van der Waals surface area contributed by atoms with Gasteiger partial charge in [-0.15, -0.1) is 0 Å². The first kappa shape index (κ1) is 29.9. The maximum absolute atomic E-state index is 14.2. The SMILES string of the molecule is Cc1ccccc1NC(=O)C(c1c(C)cccc1C)N(C(=O)C(NC(=O)OC(C)(C)C)C(C)C)C(C)C. The van der Waals surface area contributed by atoms with Gasteiger partial charge in [-0.1, -0.05) is 50.2 Å². The van der Waals surface area contributed by atoms with E-state index in [1.807, 2.05) is 90.9 Å². The Labute approximate surface area is 222 Å². The molecule has 3 amide bonds. The summed E-state index contributed by atoms with van der Waals surface area (Å²) in [4.78, 5) is 42.4. The number of carbonyl (C=O) groups is 3. The van der Waals surface area contributed by atoms with E-state index in [4.69, 9.17) is 4.74 Å². The zero-order valence-corrected chi connectivity index (χ0v) is 23.9. The van der Waals surface area contributed by atoms with Crippen LogP contribution in [0.25, 0.3) is 0 Å². The van der Waals surface area contributed by atoms with Gasteiger partial charge in [-0.2, -0.15) is 0 Å². The van der Waals surface area contributed by atoms with E-state index in [1.54, 1.807) is 25.7 Å². The lowest BCUT2D eigenvalue weighted by atomic mass is 9.91. The van der Waals surface area contributed by atoms with Crippen LogP contribution in [0.3, 0.4) is 0 Å². The summed E-state index contributed by atoms with van der Waals surface area (Å²) >= 11 is 0. The number of alkyl carbamates (subject to hydrolysis) is 1. The third-order valence-electron chi connectivity index (χ3n) is 6.16. The first-order chi connectivity index (χ1) is 17.1. The Hall–Kier alpha value is -3.35. The van der Waals surface area contributed by atoms with E-state index in [0.29, 0.717) is 5.69 Å². The molecule has 2 unspecified atom stereocenters. The van der Waals surface area contributed by atoms with Gasteiger partial charge in [0.25, 0.3) is 5.91 Å². The Morgan fingerprint density at radius 2 is 1.38 bits per heavy atom. The van der Waals surface area contributed by atoms with Gasteiger partial charge in [-0.25, -0.2) is 4.79 Å². The second-order valence-electron chi connectivity index (χ2n) is 11.2. The molecule has 202 valence electrons. The van der Waals surface area contributed by atoms with Crippen LogP contribution in [0, 0.1) is 26.7 Å². The lowest BCUT2D eigenvalue weighted by Gasteiger charge is -2.39. The number of nitrogens with one attached hydrogen (secondary N) is 2. The number of para-hydroxylation sites is 1. The van der Waals surface area contributed by atoms with Crippen molar-refractivity contribution < 1.29 is 19.1 Å². The van der Waals surface area contributed by atoms with E-state index >= 15 is 0 Å². The molecule has 2 N–H and O–H groups in total. The van der Waals surface area contributed by atoms with Gasteiger partial charge in [0.15, 0.2) is 0 Å². The summed E-state index contributed by atoms with van der Waals surface area (Å²) in [5, 5.41) is 5.81. The Kier molecular flexibility index (Phi) is 9.90. The number of hydrogen-bond donors (Lipinski definition) is 2. The quantitative estimate of drug-likeness (QED) is 0.452. The molecule has 0 bridgehead atoms. The average Bonchev–Trinajstić information content (AvgIpc) is 2.76. The molecule has 0 aromatic heterocycles. The summed E-state index contributed by atoms with van der Waals surface area (Å²) in [7, 11) is 0. The molecule has 7 nitrogen and oxygen atoms in total. The van der Waals surface area contributed by atoms with Crippen molar-refractivity contribution >= 4 is 23.6 Å². The molecule has 2 rings (SSSR count). The Morgan fingerprint density at radius 1 is 0.838 bits per heavy atom. The van der Waals surface area contributed by atoms with Crippen molar-refractivity contribution in [3.63, 3.8) is 0 Å². The van der Waals surface area contributed by atoms with Crippen LogP contribution in [0.1, 0.15) is 76.8 Å². The van der Waals surface area contributed by atoms with Crippen LogP contribution in [0.4, 0.5) is 10.5 Å². The van der Waals surface area contributed by atoms with Crippen molar-refractivity contribution in [1.29, 1.82) is 0 Å². The summed E-state index contributed by atoms with van der Waals surface area (Å²) in [5.41, 5.74) is 3.49. The monoisotopic (exact) mass is 509 g/mol. The predicted molar refractivity (Wildman–Crippen MR) is 148 cm³/mol. The van der Waals surface area contributed by atoms with Gasteiger partial charge in [0.05, 0.1) is 0 Å². The number of aryl methyl sites for hydroxylation is 3. The first-order valence-corrected chi connectivity index (χ1v) is 12.9. The van der Waals surface area contributed by atoms with E-state index in [0.717, 1.165) is 22.3 Å². The van der Waals surface area contributed by atoms with Crippen molar-refractivity contribution in [3.8, 4) is 0 Å². The highest BCUT2D eigenvalue weighted by molar-refractivity contribution is 6.00. The maximum Gasteiger partial charge on any atom is 0.408 e. The van der Waals surface area contributed by atoms with Gasteiger partial charge in [0.1, 0.15) is 17.7 Å². The smallest absolute Gasteiger partial charge is 0.408 e. The Balaban J connectivity index is 2.59. The summed E-state index contributed by atoms with van der Waals surface area (Å²) < 4.78 is 5.43. The molecular weight excluding hydrogens is 466 g/mol. The van der Waals surface area contributed by atoms with Crippen LogP contribution in [0.2, 0.25) is 0 Å². The molecule has 0 saturated heterocycles. The predicted octanol–water partition coefficient (Wildman–Crippen LogP) is 6.08. The van der Waals surface area contributed by atoms with Crippen molar-refractivity contribution in [2.24, 2.45) is 5.92 Å². The van der Waals surface area contributed by atoms with Crippen LogP contribution in [-0.2, 0) is 14.3 Å². The standard InChI is InChI=1S/C30H43N3O4/c1-18(2)25(32-29(36)37-30(8,9)10)28(35)33(19(3)4)26(24-21(6)15-13-16-22(24)7)27(34)31-23-17-12-11-14-20(23)5/h11-19,25-26H,1-10H3,(H,31,34)(H,32,36). The van der Waals surface area contributed by atoms with Crippen molar-refractivity contribution in [2.75, 3.05) is 5.32 Å². The molecule has 2 aromatic carbocycles. The molecule has 0 aliphatic carbocycles. The molecule has 0 fully saturated rings. The highest BCUT2D eigenvalue weighted by atomic mass is 16.6. The minimum absolute atomic E-state index is 0.237. The molecule has 0 spiro atoms. The number of benzene rings is 2. The van der Waals surface area contributed by atoms with Gasteiger partial charge < -0.3 is 20.3 Å². The van der Waals surface area contributed by atoms with E-state index < -0.39 is 23.8 Å². The number of anilines is 1. The maximum atomic E-state index is 14.2.